The van der Waals surface area contributed by atoms with E-state index in [1.807, 2.05) is 30.3 Å². The van der Waals surface area contributed by atoms with Gasteiger partial charge >= 0.3 is 6.18 Å². The van der Waals surface area contributed by atoms with E-state index >= 15 is 0 Å². The molecule has 0 unspecified atom stereocenters. The fraction of sp³-hybridized carbons (Fsp3) is 0.250. The van der Waals surface area contributed by atoms with Crippen molar-refractivity contribution in [2.75, 3.05) is 11.9 Å². The third kappa shape index (κ3) is 2.38. The topological polar surface area (TPSA) is 12.0 Å². The highest BCUT2D eigenvalue weighted by atomic mass is 19.4. The molecule has 2 aromatic carbocycles. The number of anilines is 1. The third-order valence-electron chi connectivity index (χ3n) is 3.70. The zero-order valence-electron chi connectivity index (χ0n) is 10.7. The largest absolute Gasteiger partial charge is 0.416 e. The number of fused-ring (bicyclic) bond motifs is 1. The average molecular weight is 277 g/mol. The van der Waals surface area contributed by atoms with Crippen LogP contribution in [-0.4, -0.2) is 6.54 Å². The molecule has 0 saturated heterocycles. The lowest BCUT2D eigenvalue weighted by Crippen LogP contribution is -2.19. The number of halogens is 3. The molecule has 1 nitrogen and oxygen atoms in total. The lowest BCUT2D eigenvalue weighted by molar-refractivity contribution is -0.137. The highest BCUT2D eigenvalue weighted by Crippen LogP contribution is 2.40. The van der Waals surface area contributed by atoms with Crippen molar-refractivity contribution < 1.29 is 13.2 Å². The normalized spacial score (nSPS) is 18.2. The second kappa shape index (κ2) is 4.85. The van der Waals surface area contributed by atoms with Crippen LogP contribution in [0.15, 0.2) is 48.5 Å². The Hall–Kier alpha value is -1.97. The van der Waals surface area contributed by atoms with E-state index in [1.165, 1.54) is 12.1 Å². The molecule has 0 saturated carbocycles. The van der Waals surface area contributed by atoms with Crippen molar-refractivity contribution in [3.05, 3.63) is 65.2 Å². The first-order chi connectivity index (χ1) is 9.55. The van der Waals surface area contributed by atoms with Crippen molar-refractivity contribution in [2.45, 2.75) is 18.5 Å². The van der Waals surface area contributed by atoms with Gasteiger partial charge in [-0.3, -0.25) is 0 Å². The van der Waals surface area contributed by atoms with Gasteiger partial charge in [0.25, 0.3) is 0 Å². The quantitative estimate of drug-likeness (QED) is 0.799. The molecule has 1 N–H and O–H groups in total. The minimum absolute atomic E-state index is 0.0229. The number of benzene rings is 2. The van der Waals surface area contributed by atoms with Gasteiger partial charge in [0.1, 0.15) is 0 Å². The zero-order valence-corrected chi connectivity index (χ0v) is 10.7. The molecule has 0 radical (unpaired) electrons. The van der Waals surface area contributed by atoms with Crippen LogP contribution in [0.3, 0.4) is 0 Å². The van der Waals surface area contributed by atoms with Crippen molar-refractivity contribution in [3.8, 4) is 0 Å². The summed E-state index contributed by atoms with van der Waals surface area (Å²) in [5.41, 5.74) is 2.02. The minimum Gasteiger partial charge on any atom is -0.385 e. The van der Waals surface area contributed by atoms with Gasteiger partial charge in [0.05, 0.1) is 5.56 Å². The monoisotopic (exact) mass is 277 g/mol. The maximum Gasteiger partial charge on any atom is 0.416 e. The van der Waals surface area contributed by atoms with Gasteiger partial charge in [0.2, 0.25) is 0 Å². The van der Waals surface area contributed by atoms with Crippen molar-refractivity contribution in [3.63, 3.8) is 0 Å². The van der Waals surface area contributed by atoms with Crippen molar-refractivity contribution in [2.24, 2.45) is 0 Å². The Morgan fingerprint density at radius 1 is 1.00 bits per heavy atom. The minimum atomic E-state index is -4.30. The van der Waals surface area contributed by atoms with Crippen LogP contribution in [0.4, 0.5) is 18.9 Å². The fourth-order valence-corrected chi connectivity index (χ4v) is 2.73. The summed E-state index contributed by atoms with van der Waals surface area (Å²) in [4.78, 5) is 0. The summed E-state index contributed by atoms with van der Waals surface area (Å²) in [6.45, 7) is 0.776. The van der Waals surface area contributed by atoms with Crippen LogP contribution in [0.5, 0.6) is 0 Å². The third-order valence-corrected chi connectivity index (χ3v) is 3.70. The van der Waals surface area contributed by atoms with Crippen molar-refractivity contribution in [1.82, 2.24) is 0 Å². The summed E-state index contributed by atoms with van der Waals surface area (Å²) in [6.07, 6.45) is -3.49. The maximum absolute atomic E-state index is 12.9. The molecule has 0 amide bonds. The standard InChI is InChI=1S/C16H14F3N/c17-16(18,19)12-6-7-15-14(10-12)13(8-9-20-15)11-4-2-1-3-5-11/h1-7,10,13,20H,8-9H2/t13-/m0/s1. The predicted molar refractivity (Wildman–Crippen MR) is 72.8 cm³/mol. The number of alkyl halides is 3. The Morgan fingerprint density at radius 2 is 1.75 bits per heavy atom. The lowest BCUT2D eigenvalue weighted by Gasteiger charge is -2.28. The van der Waals surface area contributed by atoms with E-state index in [0.717, 1.165) is 35.8 Å². The molecule has 0 bridgehead atoms. The van der Waals surface area contributed by atoms with Crippen LogP contribution < -0.4 is 5.32 Å². The summed E-state index contributed by atoms with van der Waals surface area (Å²) >= 11 is 0. The van der Waals surface area contributed by atoms with E-state index in [0.29, 0.717) is 0 Å². The smallest absolute Gasteiger partial charge is 0.385 e. The van der Waals surface area contributed by atoms with Crippen LogP contribution in [0.2, 0.25) is 0 Å². The molecule has 1 heterocycles. The number of nitrogens with one attached hydrogen (secondary N) is 1. The Labute approximate surface area is 115 Å². The predicted octanol–water partition coefficient (Wildman–Crippen LogP) is 4.65. The second-order valence-electron chi connectivity index (χ2n) is 4.98. The van der Waals surface area contributed by atoms with E-state index in [4.69, 9.17) is 0 Å². The molecule has 3 rings (SSSR count). The van der Waals surface area contributed by atoms with Crippen LogP contribution >= 0.6 is 0 Å². The Balaban J connectivity index is 2.07. The molecular weight excluding hydrogens is 263 g/mol. The molecule has 104 valence electrons. The van der Waals surface area contributed by atoms with Gasteiger partial charge in [-0.15, -0.1) is 0 Å². The summed E-state index contributed by atoms with van der Waals surface area (Å²) in [5, 5.41) is 3.17. The number of hydrogen-bond donors (Lipinski definition) is 1. The molecule has 2 aromatic rings. The van der Waals surface area contributed by atoms with E-state index in [9.17, 15) is 13.2 Å². The van der Waals surface area contributed by atoms with Gasteiger partial charge < -0.3 is 5.32 Å². The second-order valence-corrected chi connectivity index (χ2v) is 4.98. The molecule has 20 heavy (non-hydrogen) atoms. The Kier molecular flexibility index (Phi) is 3.16. The summed E-state index contributed by atoms with van der Waals surface area (Å²) < 4.78 is 38.6. The van der Waals surface area contributed by atoms with Gasteiger partial charge in [0.15, 0.2) is 0 Å². The average Bonchev–Trinajstić information content (AvgIpc) is 2.46. The molecule has 0 fully saturated rings. The number of hydrogen-bond acceptors (Lipinski definition) is 1. The van der Waals surface area contributed by atoms with Crippen LogP contribution in [-0.2, 0) is 6.18 Å². The summed E-state index contributed by atoms with van der Waals surface area (Å²) in [7, 11) is 0. The first kappa shape index (κ1) is 13.0. The van der Waals surface area contributed by atoms with Crippen molar-refractivity contribution in [1.29, 1.82) is 0 Å². The molecule has 0 spiro atoms. The van der Waals surface area contributed by atoms with Gasteiger partial charge in [-0.2, -0.15) is 13.2 Å². The van der Waals surface area contributed by atoms with Crippen molar-refractivity contribution >= 4 is 5.69 Å². The first-order valence-corrected chi connectivity index (χ1v) is 6.55. The van der Waals surface area contributed by atoms with E-state index in [-0.39, 0.29) is 5.92 Å². The van der Waals surface area contributed by atoms with Gasteiger partial charge in [-0.05, 0) is 35.7 Å². The first-order valence-electron chi connectivity index (χ1n) is 6.55. The highest BCUT2D eigenvalue weighted by Gasteiger charge is 2.32. The number of rotatable bonds is 1. The van der Waals surface area contributed by atoms with E-state index in [1.54, 1.807) is 0 Å². The van der Waals surface area contributed by atoms with Gasteiger partial charge in [-0.1, -0.05) is 30.3 Å². The molecule has 1 aliphatic heterocycles. The molecule has 0 aliphatic carbocycles. The van der Waals surface area contributed by atoms with Gasteiger partial charge in [0, 0.05) is 18.2 Å². The lowest BCUT2D eigenvalue weighted by atomic mass is 9.84. The maximum atomic E-state index is 12.9. The summed E-state index contributed by atoms with van der Waals surface area (Å²) in [6, 6.07) is 13.7. The zero-order chi connectivity index (χ0) is 14.2. The molecule has 1 atom stereocenters. The molecule has 1 aliphatic rings. The Bertz CT molecular complexity index is 605. The summed E-state index contributed by atoms with van der Waals surface area (Å²) in [5.74, 6) is 0.0229. The fourth-order valence-electron chi connectivity index (χ4n) is 2.73. The molecular formula is C16H14F3N. The molecule has 0 aromatic heterocycles. The SMILES string of the molecule is FC(F)(F)c1ccc2c(c1)[C@H](c1ccccc1)CCN2. The van der Waals surface area contributed by atoms with Crippen LogP contribution in [0.1, 0.15) is 29.0 Å². The molecule has 4 heteroatoms. The van der Waals surface area contributed by atoms with Gasteiger partial charge in [-0.25, -0.2) is 0 Å². The van der Waals surface area contributed by atoms with Crippen LogP contribution in [0, 0.1) is 0 Å². The highest BCUT2D eigenvalue weighted by molar-refractivity contribution is 5.59. The van der Waals surface area contributed by atoms with Crippen LogP contribution in [0.25, 0.3) is 0 Å². The van der Waals surface area contributed by atoms with E-state index < -0.39 is 11.7 Å². The Morgan fingerprint density at radius 3 is 2.45 bits per heavy atom. The van der Waals surface area contributed by atoms with E-state index in [2.05, 4.69) is 5.32 Å².